The standard InChI is InChI=1S/C13H14N2O4.2C2H6/c1-3-4-8-7(2)12(18)15(13(8)19)9-5-6-10(16)14-11(9)17;2*1-2/h3-4,9H,5-6H2,1-2H3,(H,14,16,17);2*1-2H3/b4-3-;;. The highest BCUT2D eigenvalue weighted by Gasteiger charge is 2.43. The van der Waals surface area contributed by atoms with E-state index in [1.807, 2.05) is 27.7 Å². The lowest BCUT2D eigenvalue weighted by atomic mass is 10.0. The maximum Gasteiger partial charge on any atom is 0.261 e. The molecule has 23 heavy (non-hydrogen) atoms. The first-order chi connectivity index (χ1) is 11.0. The molecule has 1 fully saturated rings. The third-order valence-electron chi connectivity index (χ3n) is 3.25. The normalized spacial score (nSPS) is 21.0. The van der Waals surface area contributed by atoms with Crippen molar-refractivity contribution >= 4 is 23.6 Å². The molecule has 6 heteroatoms. The van der Waals surface area contributed by atoms with E-state index in [1.165, 1.54) is 0 Å². The van der Waals surface area contributed by atoms with E-state index in [1.54, 1.807) is 26.0 Å². The molecule has 1 unspecified atom stereocenters. The quantitative estimate of drug-likeness (QED) is 0.789. The van der Waals surface area contributed by atoms with Crippen LogP contribution in [0.3, 0.4) is 0 Å². The predicted octanol–water partition coefficient (Wildman–Crippen LogP) is 2.11. The van der Waals surface area contributed by atoms with Gasteiger partial charge in [-0.1, -0.05) is 39.8 Å². The summed E-state index contributed by atoms with van der Waals surface area (Å²) in [5.41, 5.74) is 0.630. The SMILES string of the molecule is C/C=C\C1=C(C)C(=O)N(C2CCC(=O)NC2=O)C1=O.CC.CC. The summed E-state index contributed by atoms with van der Waals surface area (Å²) < 4.78 is 0. The summed E-state index contributed by atoms with van der Waals surface area (Å²) in [5, 5.41) is 2.15. The molecule has 0 aliphatic carbocycles. The Labute approximate surface area is 137 Å². The van der Waals surface area contributed by atoms with E-state index < -0.39 is 23.8 Å². The van der Waals surface area contributed by atoms with Gasteiger partial charge in [-0.3, -0.25) is 29.4 Å². The molecular formula is C17H26N2O4. The zero-order valence-corrected chi connectivity index (χ0v) is 14.7. The minimum absolute atomic E-state index is 0.130. The van der Waals surface area contributed by atoms with Crippen LogP contribution in [0.2, 0.25) is 0 Å². The summed E-state index contributed by atoms with van der Waals surface area (Å²) in [4.78, 5) is 48.0. The van der Waals surface area contributed by atoms with E-state index in [4.69, 9.17) is 0 Å². The van der Waals surface area contributed by atoms with Gasteiger partial charge in [0.25, 0.3) is 11.8 Å². The van der Waals surface area contributed by atoms with Crippen molar-refractivity contribution in [3.05, 3.63) is 23.3 Å². The first kappa shape index (κ1) is 20.8. The highest BCUT2D eigenvalue weighted by molar-refractivity contribution is 6.22. The molecule has 0 aromatic heterocycles. The van der Waals surface area contributed by atoms with Crippen LogP contribution < -0.4 is 5.32 Å². The van der Waals surface area contributed by atoms with Gasteiger partial charge < -0.3 is 0 Å². The lowest BCUT2D eigenvalue weighted by Gasteiger charge is -2.28. The van der Waals surface area contributed by atoms with Crippen LogP contribution in [0.25, 0.3) is 0 Å². The summed E-state index contributed by atoms with van der Waals surface area (Å²) in [6.07, 6.45) is 3.53. The number of rotatable bonds is 2. The molecule has 0 saturated carbocycles. The van der Waals surface area contributed by atoms with Gasteiger partial charge in [0.2, 0.25) is 11.8 Å². The van der Waals surface area contributed by atoms with Gasteiger partial charge >= 0.3 is 0 Å². The monoisotopic (exact) mass is 322 g/mol. The molecule has 2 rings (SSSR count). The molecule has 1 atom stereocenters. The molecule has 0 bridgehead atoms. The van der Waals surface area contributed by atoms with E-state index in [0.717, 1.165) is 4.90 Å². The second kappa shape index (κ2) is 9.71. The van der Waals surface area contributed by atoms with Crippen LogP contribution in [-0.4, -0.2) is 34.6 Å². The summed E-state index contributed by atoms with van der Waals surface area (Å²) in [5.74, 6) is -1.91. The van der Waals surface area contributed by atoms with Crippen LogP contribution in [0.1, 0.15) is 54.4 Å². The fraction of sp³-hybridized carbons (Fsp3) is 0.529. The zero-order valence-electron chi connectivity index (χ0n) is 14.7. The van der Waals surface area contributed by atoms with Crippen LogP contribution in [0.4, 0.5) is 0 Å². The number of carbonyl (C=O) groups excluding carboxylic acids is 4. The smallest absolute Gasteiger partial charge is 0.261 e. The number of piperidine rings is 1. The van der Waals surface area contributed by atoms with Gasteiger partial charge in [-0.05, 0) is 20.3 Å². The fourth-order valence-electron chi connectivity index (χ4n) is 2.25. The van der Waals surface area contributed by atoms with Gasteiger partial charge in [-0.2, -0.15) is 0 Å². The van der Waals surface area contributed by atoms with Crippen LogP contribution in [0, 0.1) is 0 Å². The van der Waals surface area contributed by atoms with Crippen molar-refractivity contribution in [3.8, 4) is 0 Å². The second-order valence-electron chi connectivity index (χ2n) is 4.49. The molecule has 0 aromatic carbocycles. The molecule has 0 radical (unpaired) electrons. The Morgan fingerprint density at radius 2 is 1.61 bits per heavy atom. The summed E-state index contributed by atoms with van der Waals surface area (Å²) >= 11 is 0. The van der Waals surface area contributed by atoms with Crippen LogP contribution in [-0.2, 0) is 19.2 Å². The molecule has 128 valence electrons. The van der Waals surface area contributed by atoms with E-state index in [2.05, 4.69) is 5.32 Å². The highest BCUT2D eigenvalue weighted by Crippen LogP contribution is 2.26. The molecule has 2 aliphatic rings. The lowest BCUT2D eigenvalue weighted by molar-refractivity contribution is -0.150. The molecule has 0 spiro atoms. The summed E-state index contributed by atoms with van der Waals surface area (Å²) in [6, 6.07) is -0.893. The van der Waals surface area contributed by atoms with Crippen LogP contribution in [0.15, 0.2) is 23.3 Å². The molecule has 1 saturated heterocycles. The van der Waals surface area contributed by atoms with Crippen molar-refractivity contribution in [2.24, 2.45) is 0 Å². The van der Waals surface area contributed by atoms with Gasteiger partial charge in [0.15, 0.2) is 0 Å². The van der Waals surface area contributed by atoms with Crippen molar-refractivity contribution in [1.29, 1.82) is 0 Å². The predicted molar refractivity (Wildman–Crippen MR) is 88.2 cm³/mol. The molecule has 2 aliphatic heterocycles. The fourth-order valence-corrected chi connectivity index (χ4v) is 2.25. The summed E-state index contributed by atoms with van der Waals surface area (Å²) in [6.45, 7) is 11.3. The van der Waals surface area contributed by atoms with E-state index in [9.17, 15) is 19.2 Å². The van der Waals surface area contributed by atoms with Crippen molar-refractivity contribution in [2.75, 3.05) is 0 Å². The first-order valence-corrected chi connectivity index (χ1v) is 8.02. The average Bonchev–Trinajstić information content (AvgIpc) is 2.76. The molecule has 2 heterocycles. The Bertz CT molecular complexity index is 547. The highest BCUT2D eigenvalue weighted by atomic mass is 16.2. The van der Waals surface area contributed by atoms with Crippen LogP contribution in [0.5, 0.6) is 0 Å². The molecule has 4 amide bonds. The Morgan fingerprint density at radius 3 is 2.09 bits per heavy atom. The maximum atomic E-state index is 12.2. The van der Waals surface area contributed by atoms with E-state index in [0.29, 0.717) is 11.1 Å². The number of nitrogens with zero attached hydrogens (tertiary/aromatic N) is 1. The van der Waals surface area contributed by atoms with Crippen LogP contribution >= 0.6 is 0 Å². The number of hydrogen-bond donors (Lipinski definition) is 1. The third kappa shape index (κ3) is 4.37. The Kier molecular flexibility index (Phi) is 8.77. The number of nitrogens with one attached hydrogen (secondary N) is 1. The second-order valence-corrected chi connectivity index (χ2v) is 4.49. The minimum atomic E-state index is -0.893. The van der Waals surface area contributed by atoms with Crippen molar-refractivity contribution in [1.82, 2.24) is 10.2 Å². The number of allylic oxidation sites excluding steroid dienone is 1. The Hall–Kier alpha value is -2.24. The lowest BCUT2D eigenvalue weighted by Crippen LogP contribution is -2.54. The number of imide groups is 2. The van der Waals surface area contributed by atoms with E-state index >= 15 is 0 Å². The zero-order chi connectivity index (χ0) is 18.2. The van der Waals surface area contributed by atoms with E-state index in [-0.39, 0.29) is 18.7 Å². The third-order valence-corrected chi connectivity index (χ3v) is 3.25. The van der Waals surface area contributed by atoms with Crippen molar-refractivity contribution in [2.45, 2.75) is 60.4 Å². The van der Waals surface area contributed by atoms with Gasteiger partial charge in [-0.25, -0.2) is 0 Å². The average molecular weight is 322 g/mol. The number of hydrogen-bond acceptors (Lipinski definition) is 4. The van der Waals surface area contributed by atoms with Gasteiger partial charge in [0.05, 0.1) is 0 Å². The number of carbonyl (C=O) groups is 4. The molecular weight excluding hydrogens is 296 g/mol. The largest absolute Gasteiger partial charge is 0.295 e. The summed E-state index contributed by atoms with van der Waals surface area (Å²) in [7, 11) is 0. The first-order valence-electron chi connectivity index (χ1n) is 8.02. The van der Waals surface area contributed by atoms with Crippen molar-refractivity contribution in [3.63, 3.8) is 0 Å². The Balaban J connectivity index is 0.00000112. The van der Waals surface area contributed by atoms with Gasteiger partial charge in [0.1, 0.15) is 6.04 Å². The van der Waals surface area contributed by atoms with Gasteiger partial charge in [-0.15, -0.1) is 0 Å². The topological polar surface area (TPSA) is 83.6 Å². The minimum Gasteiger partial charge on any atom is -0.295 e. The Morgan fingerprint density at radius 1 is 1.04 bits per heavy atom. The molecule has 6 nitrogen and oxygen atoms in total. The van der Waals surface area contributed by atoms with Crippen molar-refractivity contribution < 1.29 is 19.2 Å². The van der Waals surface area contributed by atoms with Gasteiger partial charge in [0, 0.05) is 17.6 Å². The molecule has 0 aromatic rings. The number of amides is 4. The maximum absolute atomic E-state index is 12.2. The molecule has 1 N–H and O–H groups in total.